The lowest BCUT2D eigenvalue weighted by atomic mass is 9.47. The van der Waals surface area contributed by atoms with E-state index in [1.165, 1.54) is 12.0 Å². The molecule has 0 unspecified atom stereocenters. The Morgan fingerprint density at radius 2 is 1.30 bits per heavy atom. The third kappa shape index (κ3) is 2.96. The second-order valence-electron chi connectivity index (χ2n) is 12.8. The highest BCUT2D eigenvalue weighted by atomic mass is 16.5. The van der Waals surface area contributed by atoms with Crippen molar-refractivity contribution in [2.24, 2.45) is 40.6 Å². The van der Waals surface area contributed by atoms with E-state index in [-0.39, 0.29) is 41.4 Å². The number of anilines is 1. The fourth-order valence-electron chi connectivity index (χ4n) is 9.42. The highest BCUT2D eigenvalue weighted by molar-refractivity contribution is 6.25. The Morgan fingerprint density at radius 3 is 1.89 bits per heavy atom. The summed E-state index contributed by atoms with van der Waals surface area (Å²) in [6.45, 7) is 0. The van der Waals surface area contributed by atoms with Crippen LogP contribution in [0, 0.1) is 35.5 Å². The van der Waals surface area contributed by atoms with Gasteiger partial charge >= 0.3 is 0 Å². The first kappa shape index (κ1) is 25.6. The van der Waals surface area contributed by atoms with Gasteiger partial charge in [-0.2, -0.15) is 10.1 Å². The van der Waals surface area contributed by atoms with Crippen LogP contribution in [0.15, 0.2) is 90.0 Å². The fourth-order valence-corrected chi connectivity index (χ4v) is 9.42. The highest BCUT2D eigenvalue weighted by Crippen LogP contribution is 2.64. The van der Waals surface area contributed by atoms with Crippen molar-refractivity contribution >= 4 is 35.5 Å². The number of ether oxygens (including phenoxy) is 1. The molecule has 3 aromatic rings. The van der Waals surface area contributed by atoms with Crippen molar-refractivity contribution in [2.75, 3.05) is 12.0 Å². The molecule has 6 atom stereocenters. The van der Waals surface area contributed by atoms with Crippen molar-refractivity contribution in [3.05, 3.63) is 107 Å². The summed E-state index contributed by atoms with van der Waals surface area (Å²) in [6.07, 6.45) is 7.59. The second kappa shape index (κ2) is 8.85. The molecule has 3 fully saturated rings. The van der Waals surface area contributed by atoms with Gasteiger partial charge in [0.1, 0.15) is 5.75 Å². The summed E-state index contributed by atoms with van der Waals surface area (Å²) in [5.41, 5.74) is 2.87. The molecule has 6 aliphatic carbocycles. The molecule has 8 aliphatic rings. The van der Waals surface area contributed by atoms with Gasteiger partial charge in [-0.3, -0.25) is 19.2 Å². The number of fused-ring (bicyclic) bond motifs is 1. The molecule has 218 valence electrons. The van der Waals surface area contributed by atoms with Crippen molar-refractivity contribution in [1.29, 1.82) is 0 Å². The minimum absolute atomic E-state index is 0.0409. The Kier molecular flexibility index (Phi) is 5.15. The number of rotatable bonds is 4. The number of carbonyl (C=O) groups is 4. The van der Waals surface area contributed by atoms with E-state index in [1.54, 1.807) is 30.5 Å². The molecule has 0 N–H and O–H groups in total. The number of nitrogens with zero attached hydrogens (tertiary/aromatic N) is 3. The van der Waals surface area contributed by atoms with Crippen molar-refractivity contribution < 1.29 is 23.9 Å². The quantitative estimate of drug-likeness (QED) is 0.257. The van der Waals surface area contributed by atoms with Crippen molar-refractivity contribution in [3.8, 4) is 5.75 Å². The van der Waals surface area contributed by atoms with E-state index < -0.39 is 29.1 Å². The largest absolute Gasteiger partial charge is 0.495 e. The van der Waals surface area contributed by atoms with Gasteiger partial charge < -0.3 is 4.74 Å². The third-order valence-corrected chi connectivity index (χ3v) is 11.1. The van der Waals surface area contributed by atoms with Gasteiger partial charge in [0.2, 0.25) is 11.8 Å². The molecular weight excluding hydrogens is 554 g/mol. The van der Waals surface area contributed by atoms with Crippen molar-refractivity contribution in [1.82, 2.24) is 5.01 Å². The molecule has 11 rings (SSSR count). The van der Waals surface area contributed by atoms with Crippen LogP contribution >= 0.6 is 0 Å². The Morgan fingerprint density at radius 1 is 0.727 bits per heavy atom. The fraction of sp³-hybridized carbons (Fsp3) is 0.306. The summed E-state index contributed by atoms with van der Waals surface area (Å²) < 4.78 is 5.57. The predicted octanol–water partition coefficient (Wildman–Crippen LogP) is 4.43. The van der Waals surface area contributed by atoms with Crippen molar-refractivity contribution in [3.63, 3.8) is 0 Å². The number of carbonyl (C=O) groups excluding carboxylic acids is 4. The zero-order valence-corrected chi connectivity index (χ0v) is 24.0. The van der Waals surface area contributed by atoms with Gasteiger partial charge in [0.25, 0.3) is 11.8 Å². The van der Waals surface area contributed by atoms with Gasteiger partial charge in [-0.25, -0.2) is 4.90 Å². The van der Waals surface area contributed by atoms with Crippen LogP contribution in [0.5, 0.6) is 5.75 Å². The van der Waals surface area contributed by atoms with E-state index in [9.17, 15) is 19.2 Å². The summed E-state index contributed by atoms with van der Waals surface area (Å²) in [6, 6.07) is 22.8. The number of hydrazone groups is 1. The maximum Gasteiger partial charge on any atom is 0.254 e. The Hall–Kier alpha value is -4.85. The van der Waals surface area contributed by atoms with Gasteiger partial charge in [0.05, 0.1) is 41.9 Å². The number of hydrogen-bond acceptors (Lipinski definition) is 6. The van der Waals surface area contributed by atoms with Gasteiger partial charge in [0.15, 0.2) is 0 Å². The van der Waals surface area contributed by atoms with Gasteiger partial charge in [-0.05, 0) is 59.1 Å². The van der Waals surface area contributed by atoms with E-state index in [0.717, 1.165) is 40.1 Å². The zero-order valence-electron chi connectivity index (χ0n) is 24.0. The van der Waals surface area contributed by atoms with E-state index in [0.29, 0.717) is 11.4 Å². The Balaban J connectivity index is 1.24. The lowest BCUT2D eigenvalue weighted by molar-refractivity contribution is -0.140. The lowest BCUT2D eigenvalue weighted by Gasteiger charge is -2.52. The SMILES string of the molecule is COc1ccccc1N1C(=O)[C@@H]2C3c4ccccc4C(/C=N\N4C(=O)[C@@H]5[C@H](C4=O)[C@H]4C=C[C@H]5CC4)(c4ccccc43)[C@H]2C1=O. The van der Waals surface area contributed by atoms with Crippen LogP contribution in [0.1, 0.15) is 41.0 Å². The number of amides is 4. The van der Waals surface area contributed by atoms with E-state index in [4.69, 9.17) is 9.84 Å². The number of benzene rings is 3. The molecule has 2 aliphatic heterocycles. The molecule has 2 heterocycles. The molecule has 0 radical (unpaired) electrons. The van der Waals surface area contributed by atoms with Crippen LogP contribution in [0.4, 0.5) is 5.69 Å². The van der Waals surface area contributed by atoms with Crippen LogP contribution in [0.2, 0.25) is 0 Å². The maximum atomic E-state index is 14.7. The monoisotopic (exact) mass is 583 g/mol. The molecule has 0 spiro atoms. The number of methoxy groups -OCH3 is 1. The molecule has 2 saturated heterocycles. The summed E-state index contributed by atoms with van der Waals surface area (Å²) in [4.78, 5) is 58.0. The zero-order chi connectivity index (χ0) is 29.9. The first-order valence-electron chi connectivity index (χ1n) is 15.3. The van der Waals surface area contributed by atoms with Crippen molar-refractivity contribution in [2.45, 2.75) is 24.2 Å². The molecule has 4 amide bonds. The predicted molar refractivity (Wildman–Crippen MR) is 161 cm³/mol. The molecule has 8 heteroatoms. The lowest BCUT2D eigenvalue weighted by Crippen LogP contribution is -2.55. The normalized spacial score (nSPS) is 34.1. The standard InChI is InChI=1S/C36H29N3O5/c1-44-26-13-7-6-12-25(26)38-32(40)30-29-21-8-2-4-10-23(21)36(31(30)35(38)43,24-11-5-3-9-22(24)29)18-37-39-33(41)27-19-14-15-20(17-16-19)28(27)34(39)42/h2-15,18-20,27-31H,16-17H2,1H3/b37-18-/t19-,20-,27-,28+,29?,30+,31+,36?/m0/s1. The highest BCUT2D eigenvalue weighted by Gasteiger charge is 2.68. The number of allylic oxidation sites excluding steroid dienone is 2. The van der Waals surface area contributed by atoms with E-state index >= 15 is 0 Å². The summed E-state index contributed by atoms with van der Waals surface area (Å²) >= 11 is 0. The average Bonchev–Trinajstić information content (AvgIpc) is 3.50. The smallest absolute Gasteiger partial charge is 0.254 e. The van der Waals surface area contributed by atoms with E-state index in [2.05, 4.69) is 12.2 Å². The molecule has 0 aromatic heterocycles. The van der Waals surface area contributed by atoms with E-state index in [1.807, 2.05) is 48.5 Å². The van der Waals surface area contributed by atoms with Gasteiger partial charge in [-0.15, -0.1) is 0 Å². The third-order valence-electron chi connectivity index (χ3n) is 11.1. The Labute approximate surface area is 254 Å². The molecule has 8 nitrogen and oxygen atoms in total. The second-order valence-corrected chi connectivity index (χ2v) is 12.8. The minimum Gasteiger partial charge on any atom is -0.495 e. The molecule has 3 aromatic carbocycles. The number of para-hydroxylation sites is 2. The molecule has 1 saturated carbocycles. The molecule has 44 heavy (non-hydrogen) atoms. The summed E-state index contributed by atoms with van der Waals surface area (Å²) in [5, 5.41) is 5.78. The topological polar surface area (TPSA) is 96.3 Å². The van der Waals surface area contributed by atoms with Crippen LogP contribution in [-0.4, -0.2) is 42.0 Å². The first-order chi connectivity index (χ1) is 21.5. The maximum absolute atomic E-state index is 14.7. The Bertz CT molecular complexity index is 1800. The van der Waals surface area contributed by atoms with Crippen LogP contribution < -0.4 is 9.64 Å². The summed E-state index contributed by atoms with van der Waals surface area (Å²) in [5.74, 6) is -3.34. The van der Waals surface area contributed by atoms with Gasteiger partial charge in [0, 0.05) is 12.1 Å². The minimum atomic E-state index is -1.18. The van der Waals surface area contributed by atoms with Crippen LogP contribution in [-0.2, 0) is 24.6 Å². The molecular formula is C36H29N3O5. The van der Waals surface area contributed by atoms with Crippen LogP contribution in [0.25, 0.3) is 0 Å². The van der Waals surface area contributed by atoms with Gasteiger partial charge in [-0.1, -0.05) is 72.8 Å². The molecule has 4 bridgehead atoms. The number of hydrogen-bond donors (Lipinski definition) is 0. The number of imide groups is 2. The average molecular weight is 584 g/mol. The summed E-state index contributed by atoms with van der Waals surface area (Å²) in [7, 11) is 1.52. The first-order valence-corrected chi connectivity index (χ1v) is 15.3. The van der Waals surface area contributed by atoms with Crippen LogP contribution in [0.3, 0.4) is 0 Å².